The molecule has 0 fully saturated rings. The van der Waals surface area contributed by atoms with Crippen molar-refractivity contribution in [3.05, 3.63) is 29.8 Å². The zero-order valence-electron chi connectivity index (χ0n) is 7.90. The van der Waals surface area contributed by atoms with E-state index in [2.05, 4.69) is 0 Å². The summed E-state index contributed by atoms with van der Waals surface area (Å²) in [7, 11) is 0. The largest absolute Gasteiger partial charge is 0.399 e. The summed E-state index contributed by atoms with van der Waals surface area (Å²) in [6, 6.07) is 7.52. The molecule has 0 heterocycles. The molecule has 0 aromatic heterocycles. The van der Waals surface area contributed by atoms with Gasteiger partial charge >= 0.3 is 0 Å². The normalized spacial score (nSPS) is 9.71. The lowest BCUT2D eigenvalue weighted by Gasteiger charge is -1.99. The molecular weight excluding hydrogens is 178 g/mol. The summed E-state index contributed by atoms with van der Waals surface area (Å²) in [5.74, 6) is -0.333. The Morgan fingerprint density at radius 1 is 1.29 bits per heavy atom. The van der Waals surface area contributed by atoms with Gasteiger partial charge < -0.3 is 5.73 Å². The van der Waals surface area contributed by atoms with Crippen LogP contribution in [0.1, 0.15) is 18.4 Å². The predicted molar refractivity (Wildman–Crippen MR) is 54.9 cm³/mol. The third-order valence-corrected chi connectivity index (χ3v) is 2.00. The highest BCUT2D eigenvalue weighted by Crippen LogP contribution is 2.08. The summed E-state index contributed by atoms with van der Waals surface area (Å²) in [5.41, 5.74) is 7.40. The van der Waals surface area contributed by atoms with Crippen molar-refractivity contribution in [2.24, 2.45) is 0 Å². The fourth-order valence-corrected chi connectivity index (χ4v) is 1.21. The van der Waals surface area contributed by atoms with Gasteiger partial charge in [-0.05, 0) is 30.5 Å². The second kappa shape index (κ2) is 5.17. The second-order valence-corrected chi connectivity index (χ2v) is 3.18. The standard InChI is InChI=1S/C11H13NO2/c12-10-6-4-9(5-7-10)2-1-3-11(14)8-13/h4-8H,1-3,12H2. The molecule has 0 radical (unpaired) electrons. The number of aldehydes is 1. The van der Waals surface area contributed by atoms with Crippen molar-refractivity contribution in [1.29, 1.82) is 0 Å². The van der Waals surface area contributed by atoms with Gasteiger partial charge in [0.05, 0.1) is 0 Å². The van der Waals surface area contributed by atoms with E-state index in [4.69, 9.17) is 5.73 Å². The smallest absolute Gasteiger partial charge is 0.195 e. The summed E-state index contributed by atoms with van der Waals surface area (Å²) in [6.45, 7) is 0. The van der Waals surface area contributed by atoms with E-state index in [-0.39, 0.29) is 5.78 Å². The fraction of sp³-hybridized carbons (Fsp3) is 0.273. The molecular formula is C11H13NO2. The van der Waals surface area contributed by atoms with Gasteiger partial charge in [0.1, 0.15) is 0 Å². The molecule has 2 N–H and O–H groups in total. The van der Waals surface area contributed by atoms with Crippen molar-refractivity contribution >= 4 is 17.8 Å². The monoisotopic (exact) mass is 191 g/mol. The maximum absolute atomic E-state index is 10.7. The van der Waals surface area contributed by atoms with Gasteiger partial charge in [-0.15, -0.1) is 0 Å². The average molecular weight is 191 g/mol. The maximum atomic E-state index is 10.7. The first-order valence-electron chi connectivity index (χ1n) is 4.55. The third kappa shape index (κ3) is 3.39. The van der Waals surface area contributed by atoms with Gasteiger partial charge in [0, 0.05) is 12.1 Å². The van der Waals surface area contributed by atoms with Crippen molar-refractivity contribution in [2.45, 2.75) is 19.3 Å². The zero-order chi connectivity index (χ0) is 10.4. The molecule has 1 aromatic carbocycles. The van der Waals surface area contributed by atoms with E-state index >= 15 is 0 Å². The Bertz CT molecular complexity index is 317. The van der Waals surface area contributed by atoms with Crippen molar-refractivity contribution in [3.8, 4) is 0 Å². The van der Waals surface area contributed by atoms with Crippen LogP contribution in [0.15, 0.2) is 24.3 Å². The minimum absolute atomic E-state index is 0.327. The Morgan fingerprint density at radius 2 is 1.93 bits per heavy atom. The SMILES string of the molecule is Nc1ccc(CCCC(=O)C=O)cc1. The Morgan fingerprint density at radius 3 is 2.50 bits per heavy atom. The minimum atomic E-state index is -0.333. The summed E-state index contributed by atoms with van der Waals surface area (Å²) in [4.78, 5) is 20.7. The first-order chi connectivity index (χ1) is 6.72. The Kier molecular flexibility index (Phi) is 3.85. The van der Waals surface area contributed by atoms with E-state index in [1.54, 1.807) is 0 Å². The number of rotatable bonds is 5. The van der Waals surface area contributed by atoms with Gasteiger partial charge in [0.15, 0.2) is 12.1 Å². The highest BCUT2D eigenvalue weighted by molar-refractivity contribution is 6.24. The Hall–Kier alpha value is -1.64. The van der Waals surface area contributed by atoms with Crippen molar-refractivity contribution in [2.75, 3.05) is 5.73 Å². The van der Waals surface area contributed by atoms with Gasteiger partial charge in [-0.3, -0.25) is 9.59 Å². The highest BCUT2D eigenvalue weighted by atomic mass is 16.2. The van der Waals surface area contributed by atoms with Crippen molar-refractivity contribution in [1.82, 2.24) is 0 Å². The zero-order valence-corrected chi connectivity index (χ0v) is 7.90. The topological polar surface area (TPSA) is 60.2 Å². The molecule has 0 aliphatic heterocycles. The van der Waals surface area contributed by atoms with E-state index in [1.807, 2.05) is 24.3 Å². The maximum Gasteiger partial charge on any atom is 0.195 e. The second-order valence-electron chi connectivity index (χ2n) is 3.18. The lowest BCUT2D eigenvalue weighted by molar-refractivity contribution is -0.129. The van der Waals surface area contributed by atoms with Crippen LogP contribution in [0.4, 0.5) is 5.69 Å². The molecule has 0 saturated heterocycles. The molecule has 0 spiro atoms. The van der Waals surface area contributed by atoms with Gasteiger partial charge in [-0.25, -0.2) is 0 Å². The molecule has 0 aliphatic rings. The number of carbonyl (C=O) groups is 2. The van der Waals surface area contributed by atoms with Crippen LogP contribution in [0.2, 0.25) is 0 Å². The summed E-state index contributed by atoms with van der Waals surface area (Å²) >= 11 is 0. The molecule has 0 aliphatic carbocycles. The van der Waals surface area contributed by atoms with Crippen LogP contribution in [0, 0.1) is 0 Å². The van der Waals surface area contributed by atoms with Gasteiger partial charge in [-0.1, -0.05) is 12.1 Å². The molecule has 3 nitrogen and oxygen atoms in total. The first kappa shape index (κ1) is 10.4. The molecule has 0 amide bonds. The van der Waals surface area contributed by atoms with Crippen LogP contribution in [0.5, 0.6) is 0 Å². The number of nitrogen functional groups attached to an aromatic ring is 1. The molecule has 0 atom stereocenters. The molecule has 74 valence electrons. The van der Waals surface area contributed by atoms with E-state index in [0.717, 1.165) is 17.7 Å². The quantitative estimate of drug-likeness (QED) is 0.434. The van der Waals surface area contributed by atoms with E-state index in [9.17, 15) is 9.59 Å². The number of nitrogens with two attached hydrogens (primary N) is 1. The van der Waals surface area contributed by atoms with Crippen LogP contribution in [0.25, 0.3) is 0 Å². The van der Waals surface area contributed by atoms with E-state index in [0.29, 0.717) is 19.1 Å². The molecule has 1 rings (SSSR count). The van der Waals surface area contributed by atoms with Crippen LogP contribution >= 0.6 is 0 Å². The number of hydrogen-bond donors (Lipinski definition) is 1. The predicted octanol–water partition coefficient (Wildman–Crippen LogP) is 1.36. The molecule has 14 heavy (non-hydrogen) atoms. The number of benzene rings is 1. The van der Waals surface area contributed by atoms with Crippen LogP contribution in [0.3, 0.4) is 0 Å². The molecule has 1 aromatic rings. The fourth-order valence-electron chi connectivity index (χ4n) is 1.21. The lowest BCUT2D eigenvalue weighted by Crippen LogP contribution is -1.99. The molecule has 3 heteroatoms. The molecule has 0 saturated carbocycles. The summed E-state index contributed by atoms with van der Waals surface area (Å²) < 4.78 is 0. The van der Waals surface area contributed by atoms with Gasteiger partial charge in [-0.2, -0.15) is 0 Å². The lowest BCUT2D eigenvalue weighted by atomic mass is 10.1. The van der Waals surface area contributed by atoms with Crippen LogP contribution < -0.4 is 5.73 Å². The molecule has 0 bridgehead atoms. The van der Waals surface area contributed by atoms with E-state index < -0.39 is 0 Å². The van der Waals surface area contributed by atoms with Gasteiger partial charge in [0.2, 0.25) is 0 Å². The average Bonchev–Trinajstić information content (AvgIpc) is 2.21. The number of aryl methyl sites for hydroxylation is 1. The van der Waals surface area contributed by atoms with E-state index in [1.165, 1.54) is 0 Å². The van der Waals surface area contributed by atoms with Crippen LogP contribution in [-0.4, -0.2) is 12.1 Å². The summed E-state index contributed by atoms with van der Waals surface area (Å²) in [5, 5.41) is 0. The van der Waals surface area contributed by atoms with Gasteiger partial charge in [0.25, 0.3) is 0 Å². The number of Topliss-reactive ketones (excluding diaryl/α,β-unsaturated/α-hetero) is 1. The third-order valence-electron chi connectivity index (χ3n) is 2.00. The van der Waals surface area contributed by atoms with Crippen LogP contribution in [-0.2, 0) is 16.0 Å². The Balaban J connectivity index is 2.35. The number of hydrogen-bond acceptors (Lipinski definition) is 3. The first-order valence-corrected chi connectivity index (χ1v) is 4.55. The number of carbonyl (C=O) groups excluding carboxylic acids is 2. The summed E-state index contributed by atoms with van der Waals surface area (Å²) in [6.07, 6.45) is 2.22. The molecule has 0 unspecified atom stereocenters. The Labute approximate surface area is 82.9 Å². The van der Waals surface area contributed by atoms with Crippen molar-refractivity contribution < 1.29 is 9.59 Å². The highest BCUT2D eigenvalue weighted by Gasteiger charge is 1.99. The minimum Gasteiger partial charge on any atom is -0.399 e. The number of ketones is 1. The number of anilines is 1. The van der Waals surface area contributed by atoms with Crippen molar-refractivity contribution in [3.63, 3.8) is 0 Å².